The quantitative estimate of drug-likeness (QED) is 0.919. The molecule has 1 aliphatic rings. The lowest BCUT2D eigenvalue weighted by molar-refractivity contribution is -0.137. The highest BCUT2D eigenvalue weighted by molar-refractivity contribution is 5.79. The van der Waals surface area contributed by atoms with Crippen LogP contribution in [0.1, 0.15) is 50.8 Å². The summed E-state index contributed by atoms with van der Waals surface area (Å²) in [6, 6.07) is 4.43. The average molecular weight is 277 g/mol. The van der Waals surface area contributed by atoms with Crippen molar-refractivity contribution >= 4 is 5.91 Å². The first-order valence-corrected chi connectivity index (χ1v) is 7.77. The first-order valence-electron chi connectivity index (χ1n) is 7.77. The number of nitrogens with zero attached hydrogens (tertiary/aromatic N) is 2. The fourth-order valence-electron chi connectivity index (χ4n) is 3.16. The lowest BCUT2D eigenvalue weighted by atomic mass is 10.0. The molecule has 0 aromatic carbocycles. The van der Waals surface area contributed by atoms with Crippen LogP contribution in [0.4, 0.5) is 0 Å². The summed E-state index contributed by atoms with van der Waals surface area (Å²) >= 11 is 0. The van der Waals surface area contributed by atoms with Crippen LogP contribution < -0.4 is 5.73 Å². The zero-order valence-electron chi connectivity index (χ0n) is 12.7. The molecule has 4 heteroatoms. The minimum Gasteiger partial charge on any atom is -0.353 e. The Morgan fingerprint density at radius 2 is 2.25 bits per heavy atom. The van der Waals surface area contributed by atoms with Gasteiger partial charge in [0.2, 0.25) is 5.91 Å². The van der Waals surface area contributed by atoms with Crippen LogP contribution in [-0.2, 0) is 11.8 Å². The van der Waals surface area contributed by atoms with Gasteiger partial charge in [-0.05, 0) is 37.9 Å². The number of hydrogen-bond donors (Lipinski definition) is 1. The van der Waals surface area contributed by atoms with E-state index in [1.807, 2.05) is 6.92 Å². The van der Waals surface area contributed by atoms with Crippen LogP contribution >= 0.6 is 0 Å². The van der Waals surface area contributed by atoms with Gasteiger partial charge < -0.3 is 15.2 Å². The molecule has 0 radical (unpaired) electrons. The average Bonchev–Trinajstić information content (AvgIpc) is 2.72. The summed E-state index contributed by atoms with van der Waals surface area (Å²) in [7, 11) is 2.06. The Labute approximate surface area is 121 Å². The number of amides is 1. The van der Waals surface area contributed by atoms with Gasteiger partial charge in [0, 0.05) is 31.4 Å². The summed E-state index contributed by atoms with van der Waals surface area (Å²) < 4.78 is 2.14. The number of nitrogens with two attached hydrogens (primary N) is 1. The van der Waals surface area contributed by atoms with E-state index in [4.69, 9.17) is 5.73 Å². The van der Waals surface area contributed by atoms with Gasteiger partial charge in [0.15, 0.2) is 0 Å². The molecule has 2 unspecified atom stereocenters. The Kier molecular flexibility index (Phi) is 5.24. The van der Waals surface area contributed by atoms with E-state index in [1.54, 1.807) is 0 Å². The normalized spacial score (nSPS) is 21.6. The monoisotopic (exact) mass is 277 g/mol. The summed E-state index contributed by atoms with van der Waals surface area (Å²) in [4.78, 5) is 14.8. The molecule has 0 spiro atoms. The molecule has 112 valence electrons. The van der Waals surface area contributed by atoms with Crippen LogP contribution in [-0.4, -0.2) is 28.5 Å². The molecule has 1 fully saturated rings. The van der Waals surface area contributed by atoms with E-state index in [2.05, 4.69) is 34.8 Å². The van der Waals surface area contributed by atoms with Crippen molar-refractivity contribution < 1.29 is 4.79 Å². The standard InChI is InChI=1S/C16H27N3O/c1-13(9-10-17)16(20)19-12-5-3-4-7-15(19)14-8-6-11-18(14)2/h6,8,11,13,15H,3-5,7,9-10,12,17H2,1-2H3. The van der Waals surface area contributed by atoms with Gasteiger partial charge in [0.05, 0.1) is 6.04 Å². The van der Waals surface area contributed by atoms with Crippen molar-refractivity contribution in [1.82, 2.24) is 9.47 Å². The zero-order chi connectivity index (χ0) is 14.5. The molecule has 2 atom stereocenters. The molecule has 1 saturated heterocycles. The minimum absolute atomic E-state index is 0.0286. The highest BCUT2D eigenvalue weighted by atomic mass is 16.2. The fraction of sp³-hybridized carbons (Fsp3) is 0.688. The number of likely N-dealkylation sites (tertiary alicyclic amines) is 1. The van der Waals surface area contributed by atoms with Gasteiger partial charge in [0.1, 0.15) is 0 Å². The van der Waals surface area contributed by atoms with Gasteiger partial charge in [-0.1, -0.05) is 19.8 Å². The summed E-state index contributed by atoms with van der Waals surface area (Å²) in [6.07, 6.45) is 7.43. The van der Waals surface area contributed by atoms with Crippen LogP contribution in [0.15, 0.2) is 18.3 Å². The molecule has 0 aliphatic carbocycles. The third kappa shape index (κ3) is 3.23. The molecule has 0 saturated carbocycles. The first kappa shape index (κ1) is 15.1. The van der Waals surface area contributed by atoms with E-state index in [0.717, 1.165) is 25.8 Å². The molecule has 1 aromatic rings. The van der Waals surface area contributed by atoms with E-state index >= 15 is 0 Å². The molecule has 2 heterocycles. The van der Waals surface area contributed by atoms with Gasteiger partial charge in [-0.25, -0.2) is 0 Å². The van der Waals surface area contributed by atoms with Crippen molar-refractivity contribution in [2.75, 3.05) is 13.1 Å². The third-order valence-corrected chi connectivity index (χ3v) is 4.38. The highest BCUT2D eigenvalue weighted by Crippen LogP contribution is 2.31. The van der Waals surface area contributed by atoms with Crippen LogP contribution in [0.2, 0.25) is 0 Å². The Bertz CT molecular complexity index is 441. The molecule has 4 nitrogen and oxygen atoms in total. The lowest BCUT2D eigenvalue weighted by Gasteiger charge is -2.32. The largest absolute Gasteiger partial charge is 0.353 e. The van der Waals surface area contributed by atoms with Crippen molar-refractivity contribution in [1.29, 1.82) is 0 Å². The first-order chi connectivity index (χ1) is 9.65. The topological polar surface area (TPSA) is 51.3 Å². The van der Waals surface area contributed by atoms with Crippen LogP contribution in [0.5, 0.6) is 0 Å². The molecule has 2 N–H and O–H groups in total. The van der Waals surface area contributed by atoms with Crippen LogP contribution in [0, 0.1) is 5.92 Å². The van der Waals surface area contributed by atoms with Crippen molar-refractivity contribution in [3.8, 4) is 0 Å². The van der Waals surface area contributed by atoms with Crippen molar-refractivity contribution in [2.45, 2.75) is 45.1 Å². The Hall–Kier alpha value is -1.29. The number of aryl methyl sites for hydroxylation is 1. The molecular formula is C16H27N3O. The Morgan fingerprint density at radius 1 is 1.45 bits per heavy atom. The van der Waals surface area contributed by atoms with Gasteiger partial charge in [-0.2, -0.15) is 0 Å². The van der Waals surface area contributed by atoms with Gasteiger partial charge in [-0.15, -0.1) is 0 Å². The van der Waals surface area contributed by atoms with Crippen LogP contribution in [0.25, 0.3) is 0 Å². The third-order valence-electron chi connectivity index (χ3n) is 4.38. The molecule has 20 heavy (non-hydrogen) atoms. The zero-order valence-corrected chi connectivity index (χ0v) is 12.7. The molecule has 2 rings (SSSR count). The van der Waals surface area contributed by atoms with E-state index in [-0.39, 0.29) is 17.9 Å². The Morgan fingerprint density at radius 3 is 2.90 bits per heavy atom. The minimum atomic E-state index is 0.0286. The number of hydrogen-bond acceptors (Lipinski definition) is 2. The molecule has 0 bridgehead atoms. The highest BCUT2D eigenvalue weighted by Gasteiger charge is 2.30. The summed E-state index contributed by atoms with van der Waals surface area (Å²) in [6.45, 7) is 3.46. The van der Waals surface area contributed by atoms with E-state index < -0.39 is 0 Å². The summed E-state index contributed by atoms with van der Waals surface area (Å²) in [5, 5.41) is 0. The smallest absolute Gasteiger partial charge is 0.226 e. The van der Waals surface area contributed by atoms with Crippen molar-refractivity contribution in [2.24, 2.45) is 18.7 Å². The predicted molar refractivity (Wildman–Crippen MR) is 81.2 cm³/mol. The maximum Gasteiger partial charge on any atom is 0.226 e. The number of carbonyl (C=O) groups is 1. The van der Waals surface area contributed by atoms with Crippen molar-refractivity contribution in [3.63, 3.8) is 0 Å². The van der Waals surface area contributed by atoms with Crippen LogP contribution in [0.3, 0.4) is 0 Å². The molecular weight excluding hydrogens is 250 g/mol. The van der Waals surface area contributed by atoms with E-state index in [0.29, 0.717) is 6.54 Å². The predicted octanol–water partition coefficient (Wildman–Crippen LogP) is 2.45. The second kappa shape index (κ2) is 6.93. The van der Waals surface area contributed by atoms with E-state index in [1.165, 1.54) is 18.5 Å². The maximum absolute atomic E-state index is 12.7. The van der Waals surface area contributed by atoms with Gasteiger partial charge in [-0.3, -0.25) is 4.79 Å². The molecule has 1 amide bonds. The summed E-state index contributed by atoms with van der Waals surface area (Å²) in [5.74, 6) is 0.296. The second-order valence-corrected chi connectivity index (χ2v) is 5.92. The SMILES string of the molecule is CC(CCN)C(=O)N1CCCCCC1c1cccn1C. The fourth-order valence-corrected chi connectivity index (χ4v) is 3.16. The Balaban J connectivity index is 2.21. The number of aromatic nitrogens is 1. The van der Waals surface area contributed by atoms with E-state index in [9.17, 15) is 4.79 Å². The lowest BCUT2D eigenvalue weighted by Crippen LogP contribution is -2.39. The molecule has 1 aliphatic heterocycles. The van der Waals surface area contributed by atoms with Gasteiger partial charge >= 0.3 is 0 Å². The number of rotatable bonds is 4. The second-order valence-electron chi connectivity index (χ2n) is 5.92. The maximum atomic E-state index is 12.7. The van der Waals surface area contributed by atoms with Gasteiger partial charge in [0.25, 0.3) is 0 Å². The summed E-state index contributed by atoms with van der Waals surface area (Å²) in [5.41, 5.74) is 6.86. The van der Waals surface area contributed by atoms with Crippen molar-refractivity contribution in [3.05, 3.63) is 24.0 Å². The number of carbonyl (C=O) groups excluding carboxylic acids is 1. The molecule has 1 aromatic heterocycles.